The first-order chi connectivity index (χ1) is 8.72. The molecule has 0 spiro atoms. The number of amides is 1. The summed E-state index contributed by atoms with van der Waals surface area (Å²) in [6, 6.07) is 0. The van der Waals surface area contributed by atoms with E-state index in [1.807, 2.05) is 6.92 Å². The molecule has 96 valence electrons. The monoisotopic (exact) mass is 268 g/mol. The summed E-state index contributed by atoms with van der Waals surface area (Å²) in [4.78, 5) is 11.7. The van der Waals surface area contributed by atoms with Gasteiger partial charge in [-0.05, 0) is 6.42 Å². The van der Waals surface area contributed by atoms with Gasteiger partial charge in [-0.2, -0.15) is 0 Å². The first-order valence-electron chi connectivity index (χ1n) is 5.33. The zero-order valence-corrected chi connectivity index (χ0v) is 10.5. The van der Waals surface area contributed by atoms with Gasteiger partial charge in [-0.1, -0.05) is 23.5 Å². The second-order valence-electron chi connectivity index (χ2n) is 3.44. The molecular weight excluding hydrogens is 256 g/mol. The molecule has 0 aliphatic carbocycles. The van der Waals surface area contributed by atoms with Crippen LogP contribution in [0, 0.1) is 0 Å². The highest BCUT2D eigenvalue weighted by molar-refractivity contribution is 7.15. The minimum Gasteiger partial charge on any atom is -0.390 e. The third-order valence-corrected chi connectivity index (χ3v) is 3.15. The van der Waals surface area contributed by atoms with Crippen LogP contribution in [0.5, 0.6) is 0 Å². The number of carbonyl (C=O) groups is 1. The number of nitrogens with one attached hydrogen (secondary N) is 1. The smallest absolute Gasteiger partial charge is 0.248 e. The maximum absolute atomic E-state index is 11.7. The second kappa shape index (κ2) is 5.65. The highest BCUT2D eigenvalue weighted by Crippen LogP contribution is 2.15. The third kappa shape index (κ3) is 2.87. The van der Waals surface area contributed by atoms with Gasteiger partial charge in [0.15, 0.2) is 0 Å². The number of aromatic nitrogens is 5. The largest absolute Gasteiger partial charge is 0.390 e. The number of aliphatic hydroxyl groups excluding tert-OH is 1. The van der Waals surface area contributed by atoms with E-state index in [9.17, 15) is 4.79 Å². The SMILES string of the molecule is CCc1nnc(NC(=O)Cn2nncc2CO)s1. The van der Waals surface area contributed by atoms with E-state index < -0.39 is 0 Å². The summed E-state index contributed by atoms with van der Waals surface area (Å²) in [5.74, 6) is -0.283. The summed E-state index contributed by atoms with van der Waals surface area (Å²) in [6.07, 6.45) is 2.19. The minimum atomic E-state index is -0.283. The van der Waals surface area contributed by atoms with E-state index in [-0.39, 0.29) is 19.1 Å². The number of aryl methyl sites for hydroxylation is 1. The van der Waals surface area contributed by atoms with Gasteiger partial charge in [-0.25, -0.2) is 4.68 Å². The summed E-state index contributed by atoms with van der Waals surface area (Å²) in [6.45, 7) is 1.74. The Morgan fingerprint density at radius 1 is 1.56 bits per heavy atom. The van der Waals surface area contributed by atoms with Crippen molar-refractivity contribution in [1.29, 1.82) is 0 Å². The van der Waals surface area contributed by atoms with Crippen molar-refractivity contribution in [1.82, 2.24) is 25.2 Å². The van der Waals surface area contributed by atoms with E-state index in [2.05, 4.69) is 25.8 Å². The molecule has 18 heavy (non-hydrogen) atoms. The van der Waals surface area contributed by atoms with Gasteiger partial charge >= 0.3 is 0 Å². The van der Waals surface area contributed by atoms with Crippen LogP contribution in [0.3, 0.4) is 0 Å². The zero-order valence-electron chi connectivity index (χ0n) is 9.70. The van der Waals surface area contributed by atoms with E-state index in [0.29, 0.717) is 10.8 Å². The van der Waals surface area contributed by atoms with Crippen LogP contribution in [0.4, 0.5) is 5.13 Å². The Morgan fingerprint density at radius 2 is 2.39 bits per heavy atom. The summed E-state index contributed by atoms with van der Waals surface area (Å²) < 4.78 is 1.33. The fourth-order valence-corrected chi connectivity index (χ4v) is 1.97. The predicted octanol–water partition coefficient (Wildman–Crippen LogP) is -0.177. The molecule has 2 N–H and O–H groups in total. The van der Waals surface area contributed by atoms with Crippen molar-refractivity contribution in [2.45, 2.75) is 26.5 Å². The Bertz CT molecular complexity index is 537. The van der Waals surface area contributed by atoms with E-state index in [1.54, 1.807) is 0 Å². The lowest BCUT2D eigenvalue weighted by atomic mass is 10.5. The molecule has 0 aliphatic rings. The Hall–Kier alpha value is -1.87. The minimum absolute atomic E-state index is 0.0169. The van der Waals surface area contributed by atoms with E-state index in [4.69, 9.17) is 5.11 Å². The molecule has 2 aromatic rings. The maximum atomic E-state index is 11.7. The van der Waals surface area contributed by atoms with Crippen LogP contribution in [0.25, 0.3) is 0 Å². The Labute approximate surface area is 107 Å². The van der Waals surface area contributed by atoms with Gasteiger partial charge in [0.25, 0.3) is 0 Å². The van der Waals surface area contributed by atoms with Crippen LogP contribution in [-0.4, -0.2) is 36.2 Å². The number of aliphatic hydroxyl groups is 1. The molecule has 2 heterocycles. The van der Waals surface area contributed by atoms with Crippen molar-refractivity contribution in [2.75, 3.05) is 5.32 Å². The van der Waals surface area contributed by atoms with E-state index >= 15 is 0 Å². The van der Waals surface area contributed by atoms with E-state index in [0.717, 1.165) is 11.4 Å². The Kier molecular flexibility index (Phi) is 3.95. The van der Waals surface area contributed by atoms with Gasteiger partial charge < -0.3 is 5.11 Å². The molecular formula is C9H12N6O2S. The van der Waals surface area contributed by atoms with Crippen LogP contribution in [0.2, 0.25) is 0 Å². The van der Waals surface area contributed by atoms with E-state index in [1.165, 1.54) is 22.2 Å². The van der Waals surface area contributed by atoms with Gasteiger partial charge in [0.05, 0.1) is 18.5 Å². The van der Waals surface area contributed by atoms with Gasteiger partial charge in [0, 0.05) is 0 Å². The number of rotatable bonds is 5. The molecule has 2 aromatic heterocycles. The lowest BCUT2D eigenvalue weighted by molar-refractivity contribution is -0.117. The summed E-state index contributed by atoms with van der Waals surface area (Å²) in [7, 11) is 0. The molecule has 0 saturated heterocycles. The van der Waals surface area contributed by atoms with Crippen molar-refractivity contribution < 1.29 is 9.90 Å². The number of hydrogen-bond donors (Lipinski definition) is 2. The number of anilines is 1. The molecule has 0 radical (unpaired) electrons. The molecule has 1 amide bonds. The van der Waals surface area contributed by atoms with Crippen LogP contribution in [0.1, 0.15) is 17.6 Å². The predicted molar refractivity (Wildman–Crippen MR) is 63.9 cm³/mol. The molecule has 0 aliphatic heterocycles. The average molecular weight is 268 g/mol. The number of hydrogen-bond acceptors (Lipinski definition) is 7. The van der Waals surface area contributed by atoms with Gasteiger partial charge in [0.1, 0.15) is 11.6 Å². The number of nitrogens with zero attached hydrogens (tertiary/aromatic N) is 5. The highest BCUT2D eigenvalue weighted by atomic mass is 32.1. The topological polar surface area (TPSA) is 106 Å². The lowest BCUT2D eigenvalue weighted by Crippen LogP contribution is -2.20. The molecule has 0 atom stereocenters. The highest BCUT2D eigenvalue weighted by Gasteiger charge is 2.10. The van der Waals surface area contributed by atoms with Gasteiger partial charge in [-0.3, -0.25) is 10.1 Å². The Morgan fingerprint density at radius 3 is 3.06 bits per heavy atom. The molecule has 0 fully saturated rings. The number of carbonyl (C=O) groups excluding carboxylic acids is 1. The quantitative estimate of drug-likeness (QED) is 0.779. The normalized spacial score (nSPS) is 10.6. The van der Waals surface area contributed by atoms with Crippen molar-refractivity contribution >= 4 is 22.4 Å². The third-order valence-electron chi connectivity index (χ3n) is 2.17. The molecule has 0 bridgehead atoms. The van der Waals surface area contributed by atoms with Crippen molar-refractivity contribution in [3.63, 3.8) is 0 Å². The molecule has 0 unspecified atom stereocenters. The van der Waals surface area contributed by atoms with Crippen LogP contribution in [-0.2, 0) is 24.4 Å². The molecule has 0 aromatic carbocycles. The fourth-order valence-electron chi connectivity index (χ4n) is 1.28. The Balaban J connectivity index is 1.96. The van der Waals surface area contributed by atoms with Crippen molar-refractivity contribution in [3.05, 3.63) is 16.9 Å². The van der Waals surface area contributed by atoms with Crippen LogP contribution in [0.15, 0.2) is 6.20 Å². The van der Waals surface area contributed by atoms with Gasteiger partial charge in [-0.15, -0.1) is 15.3 Å². The first-order valence-corrected chi connectivity index (χ1v) is 6.15. The molecule has 2 rings (SSSR count). The average Bonchev–Trinajstić information content (AvgIpc) is 2.97. The summed E-state index contributed by atoms with van der Waals surface area (Å²) in [5, 5.41) is 28.0. The molecule has 0 saturated carbocycles. The lowest BCUT2D eigenvalue weighted by Gasteiger charge is -2.03. The summed E-state index contributed by atoms with van der Waals surface area (Å²) in [5.41, 5.74) is 0.483. The van der Waals surface area contributed by atoms with Crippen molar-refractivity contribution in [3.8, 4) is 0 Å². The second-order valence-corrected chi connectivity index (χ2v) is 4.51. The maximum Gasteiger partial charge on any atom is 0.248 e. The first kappa shape index (κ1) is 12.6. The standard InChI is InChI=1S/C9H12N6O2S/c1-2-8-12-13-9(18-8)11-7(17)4-15-6(5-16)3-10-14-15/h3,16H,2,4-5H2,1H3,(H,11,13,17). The fraction of sp³-hybridized carbons (Fsp3) is 0.444. The van der Waals surface area contributed by atoms with Crippen LogP contribution < -0.4 is 5.32 Å². The summed E-state index contributed by atoms with van der Waals surface area (Å²) >= 11 is 1.33. The molecule has 8 nitrogen and oxygen atoms in total. The molecule has 9 heteroatoms. The van der Waals surface area contributed by atoms with Crippen LogP contribution >= 0.6 is 11.3 Å². The van der Waals surface area contributed by atoms with Gasteiger partial charge in [0.2, 0.25) is 11.0 Å². The van der Waals surface area contributed by atoms with Crippen molar-refractivity contribution in [2.24, 2.45) is 0 Å². The zero-order chi connectivity index (χ0) is 13.0.